The number of amides is 1. The third kappa shape index (κ3) is 2.53. The summed E-state index contributed by atoms with van der Waals surface area (Å²) in [4.78, 5) is 19.2. The quantitative estimate of drug-likeness (QED) is 0.826. The number of hydrogen-bond acceptors (Lipinski definition) is 3. The zero-order chi connectivity index (χ0) is 11.4. The lowest BCUT2D eigenvalue weighted by atomic mass is 9.93. The van der Waals surface area contributed by atoms with Gasteiger partial charge in [0.05, 0.1) is 6.04 Å². The van der Waals surface area contributed by atoms with Crippen LogP contribution in [0.15, 0.2) is 18.6 Å². The summed E-state index contributed by atoms with van der Waals surface area (Å²) in [5, 5.41) is 2.68. The molecule has 0 radical (unpaired) electrons. The summed E-state index contributed by atoms with van der Waals surface area (Å²) in [6.07, 6.45) is 4.99. The molecule has 2 rings (SSSR count). The van der Waals surface area contributed by atoms with Crippen LogP contribution in [0.4, 0.5) is 4.39 Å². The fraction of sp³-hybridized carbons (Fsp3) is 0.545. The van der Waals surface area contributed by atoms with E-state index >= 15 is 0 Å². The van der Waals surface area contributed by atoms with Crippen molar-refractivity contribution < 1.29 is 9.18 Å². The standard InChI is InChI=1S/C11H14FN3O/c12-8-3-1-2-4-9(8)15-11(16)10-5-6-13-7-14-10/h5-9H,1-4H2,(H,15,16)/t8-,9-/m1/s1. The molecule has 1 amide bonds. The first kappa shape index (κ1) is 11.0. The average Bonchev–Trinajstić information content (AvgIpc) is 2.33. The van der Waals surface area contributed by atoms with Crippen molar-refractivity contribution in [3.05, 3.63) is 24.3 Å². The molecule has 0 aliphatic heterocycles. The topological polar surface area (TPSA) is 54.9 Å². The summed E-state index contributed by atoms with van der Waals surface area (Å²) in [6.45, 7) is 0. The molecule has 16 heavy (non-hydrogen) atoms. The van der Waals surface area contributed by atoms with Gasteiger partial charge in [-0.05, 0) is 18.9 Å². The number of hydrogen-bond donors (Lipinski definition) is 1. The van der Waals surface area contributed by atoms with Gasteiger partial charge in [-0.25, -0.2) is 14.4 Å². The van der Waals surface area contributed by atoms with Crippen LogP contribution >= 0.6 is 0 Å². The Bertz CT molecular complexity index is 358. The fourth-order valence-electron chi connectivity index (χ4n) is 1.92. The number of nitrogens with zero attached hydrogens (tertiary/aromatic N) is 2. The second-order valence-electron chi connectivity index (χ2n) is 3.98. The molecule has 0 spiro atoms. The van der Waals surface area contributed by atoms with Gasteiger partial charge in [0.2, 0.25) is 0 Å². The number of carbonyl (C=O) groups is 1. The molecule has 1 saturated carbocycles. The van der Waals surface area contributed by atoms with Crippen molar-refractivity contribution in [2.45, 2.75) is 37.9 Å². The van der Waals surface area contributed by atoms with Crippen LogP contribution in [0.1, 0.15) is 36.2 Å². The van der Waals surface area contributed by atoms with Crippen molar-refractivity contribution in [3.63, 3.8) is 0 Å². The molecule has 86 valence electrons. The van der Waals surface area contributed by atoms with E-state index in [0.29, 0.717) is 12.8 Å². The van der Waals surface area contributed by atoms with E-state index in [-0.39, 0.29) is 17.6 Å². The molecule has 0 unspecified atom stereocenters. The van der Waals surface area contributed by atoms with E-state index in [4.69, 9.17) is 0 Å². The number of aromatic nitrogens is 2. The molecule has 2 atom stereocenters. The Hall–Kier alpha value is -1.52. The zero-order valence-electron chi connectivity index (χ0n) is 8.90. The van der Waals surface area contributed by atoms with Crippen LogP contribution in [0.5, 0.6) is 0 Å². The van der Waals surface area contributed by atoms with E-state index in [0.717, 1.165) is 12.8 Å². The molecule has 1 aliphatic rings. The van der Waals surface area contributed by atoms with Crippen molar-refractivity contribution in [1.82, 2.24) is 15.3 Å². The molecule has 1 fully saturated rings. The second kappa shape index (κ2) is 5.01. The summed E-state index contributed by atoms with van der Waals surface area (Å²) in [5.74, 6) is -0.322. The Morgan fingerprint density at radius 1 is 1.44 bits per heavy atom. The number of alkyl halides is 1. The van der Waals surface area contributed by atoms with Gasteiger partial charge in [0, 0.05) is 6.20 Å². The molecular weight excluding hydrogens is 209 g/mol. The van der Waals surface area contributed by atoms with Gasteiger partial charge < -0.3 is 5.32 Å². The van der Waals surface area contributed by atoms with Crippen molar-refractivity contribution in [3.8, 4) is 0 Å². The average molecular weight is 223 g/mol. The Kier molecular flexibility index (Phi) is 3.44. The molecule has 0 saturated heterocycles. The highest BCUT2D eigenvalue weighted by Crippen LogP contribution is 2.21. The third-order valence-corrected chi connectivity index (χ3v) is 2.81. The molecule has 5 heteroatoms. The first-order valence-corrected chi connectivity index (χ1v) is 5.48. The summed E-state index contributed by atoms with van der Waals surface area (Å²) in [6, 6.07) is 1.15. The van der Waals surface area contributed by atoms with E-state index < -0.39 is 6.17 Å². The highest BCUT2D eigenvalue weighted by atomic mass is 19.1. The first-order valence-electron chi connectivity index (χ1n) is 5.48. The molecule has 1 aromatic heterocycles. The maximum Gasteiger partial charge on any atom is 0.270 e. The van der Waals surface area contributed by atoms with E-state index in [2.05, 4.69) is 15.3 Å². The lowest BCUT2D eigenvalue weighted by Gasteiger charge is -2.26. The molecule has 1 aromatic rings. The van der Waals surface area contributed by atoms with Gasteiger partial charge in [-0.2, -0.15) is 0 Å². The van der Waals surface area contributed by atoms with Crippen LogP contribution in [0.2, 0.25) is 0 Å². The van der Waals surface area contributed by atoms with E-state index in [1.807, 2.05) is 0 Å². The molecule has 0 aromatic carbocycles. The second-order valence-corrected chi connectivity index (χ2v) is 3.98. The Labute approximate surface area is 93.3 Å². The maximum atomic E-state index is 13.5. The smallest absolute Gasteiger partial charge is 0.270 e. The predicted molar refractivity (Wildman–Crippen MR) is 56.7 cm³/mol. The van der Waals surface area contributed by atoms with Crippen molar-refractivity contribution in [2.24, 2.45) is 0 Å². The highest BCUT2D eigenvalue weighted by molar-refractivity contribution is 5.92. The van der Waals surface area contributed by atoms with Crippen LogP contribution < -0.4 is 5.32 Å². The minimum Gasteiger partial charge on any atom is -0.345 e. The molecule has 1 heterocycles. The lowest BCUT2D eigenvalue weighted by molar-refractivity contribution is 0.0879. The van der Waals surface area contributed by atoms with Crippen LogP contribution in [0.25, 0.3) is 0 Å². The molecule has 1 N–H and O–H groups in total. The maximum absolute atomic E-state index is 13.5. The molecular formula is C11H14FN3O. The van der Waals surface area contributed by atoms with Crippen LogP contribution in [0.3, 0.4) is 0 Å². The fourth-order valence-corrected chi connectivity index (χ4v) is 1.92. The highest BCUT2D eigenvalue weighted by Gasteiger charge is 2.26. The molecule has 1 aliphatic carbocycles. The van der Waals surface area contributed by atoms with Crippen LogP contribution in [-0.4, -0.2) is 28.1 Å². The summed E-state index contributed by atoms with van der Waals surface area (Å²) in [5.41, 5.74) is 0.285. The van der Waals surface area contributed by atoms with Gasteiger partial charge in [0.15, 0.2) is 0 Å². The van der Waals surface area contributed by atoms with E-state index in [1.54, 1.807) is 0 Å². The van der Waals surface area contributed by atoms with E-state index in [9.17, 15) is 9.18 Å². The molecule has 4 nitrogen and oxygen atoms in total. The minimum absolute atomic E-state index is 0.285. The summed E-state index contributed by atoms with van der Waals surface area (Å²) in [7, 11) is 0. The summed E-state index contributed by atoms with van der Waals surface area (Å²) < 4.78 is 13.5. The largest absolute Gasteiger partial charge is 0.345 e. The normalized spacial score (nSPS) is 25.1. The van der Waals surface area contributed by atoms with Gasteiger partial charge in [0.1, 0.15) is 18.2 Å². The lowest BCUT2D eigenvalue weighted by Crippen LogP contribution is -2.43. The zero-order valence-corrected chi connectivity index (χ0v) is 8.90. The summed E-state index contributed by atoms with van der Waals surface area (Å²) >= 11 is 0. The Balaban J connectivity index is 1.96. The van der Waals surface area contributed by atoms with Gasteiger partial charge >= 0.3 is 0 Å². The van der Waals surface area contributed by atoms with Crippen LogP contribution in [-0.2, 0) is 0 Å². The number of nitrogens with one attached hydrogen (secondary N) is 1. The van der Waals surface area contributed by atoms with Crippen molar-refractivity contribution in [1.29, 1.82) is 0 Å². The monoisotopic (exact) mass is 223 g/mol. The SMILES string of the molecule is O=C(N[C@@H]1CCCC[C@H]1F)c1ccncn1. The minimum atomic E-state index is -0.931. The van der Waals surface area contributed by atoms with Crippen molar-refractivity contribution >= 4 is 5.91 Å². The number of rotatable bonds is 2. The molecule has 0 bridgehead atoms. The third-order valence-electron chi connectivity index (χ3n) is 2.81. The first-order chi connectivity index (χ1) is 7.77. The van der Waals surface area contributed by atoms with Gasteiger partial charge in [-0.3, -0.25) is 4.79 Å². The Morgan fingerprint density at radius 3 is 2.94 bits per heavy atom. The van der Waals surface area contributed by atoms with Gasteiger partial charge in [-0.15, -0.1) is 0 Å². The van der Waals surface area contributed by atoms with Gasteiger partial charge in [0.25, 0.3) is 5.91 Å². The number of halogens is 1. The van der Waals surface area contributed by atoms with Crippen molar-refractivity contribution in [2.75, 3.05) is 0 Å². The van der Waals surface area contributed by atoms with Gasteiger partial charge in [-0.1, -0.05) is 12.8 Å². The predicted octanol–water partition coefficient (Wildman–Crippen LogP) is 1.49. The Morgan fingerprint density at radius 2 is 2.25 bits per heavy atom. The number of carbonyl (C=O) groups excluding carboxylic acids is 1. The van der Waals surface area contributed by atoms with Crippen LogP contribution in [0, 0.1) is 0 Å². The van der Waals surface area contributed by atoms with E-state index in [1.165, 1.54) is 18.6 Å².